The Labute approximate surface area is 244 Å². The Kier molecular flexibility index (Phi) is 8.34. The summed E-state index contributed by atoms with van der Waals surface area (Å²) >= 11 is 1.32. The average molecular weight is 591 g/mol. The smallest absolute Gasteiger partial charge is 0.241 e. The summed E-state index contributed by atoms with van der Waals surface area (Å²) in [6.45, 7) is 3.67. The summed E-state index contributed by atoms with van der Waals surface area (Å²) in [5.74, 6) is 0.561. The van der Waals surface area contributed by atoms with Crippen molar-refractivity contribution in [1.29, 1.82) is 0 Å². The lowest BCUT2D eigenvalue weighted by molar-refractivity contribution is -0.122. The fourth-order valence-corrected chi connectivity index (χ4v) is 7.67. The fraction of sp³-hybridized carbons (Fsp3) is 0.355. The monoisotopic (exact) mass is 590 g/mol. The van der Waals surface area contributed by atoms with E-state index in [9.17, 15) is 13.2 Å². The number of nitrogens with zero attached hydrogens (tertiary/aromatic N) is 2. The Bertz CT molecular complexity index is 1620. The predicted octanol–water partition coefficient (Wildman–Crippen LogP) is 5.33. The summed E-state index contributed by atoms with van der Waals surface area (Å²) in [4.78, 5) is 20.3. The van der Waals surface area contributed by atoms with Crippen LogP contribution >= 0.6 is 11.3 Å². The van der Waals surface area contributed by atoms with Gasteiger partial charge in [0.25, 0.3) is 0 Å². The quantitative estimate of drug-likeness (QED) is 0.273. The summed E-state index contributed by atoms with van der Waals surface area (Å²) in [7, 11) is -3.91. The number of hydrogen-bond acceptors (Lipinski definition) is 7. The number of nitrogens with one attached hydrogen (secondary N) is 2. The average Bonchev–Trinajstić information content (AvgIpc) is 3.52. The number of thiazole rings is 1. The van der Waals surface area contributed by atoms with Gasteiger partial charge in [-0.3, -0.25) is 9.69 Å². The third kappa shape index (κ3) is 6.62. The van der Waals surface area contributed by atoms with Crippen LogP contribution in [0.2, 0.25) is 0 Å². The second-order valence-corrected chi connectivity index (χ2v) is 13.4. The van der Waals surface area contributed by atoms with Crippen LogP contribution in [-0.4, -0.2) is 43.9 Å². The molecule has 0 spiro atoms. The number of likely N-dealkylation sites (tertiary alicyclic amines) is 1. The summed E-state index contributed by atoms with van der Waals surface area (Å²) in [6, 6.07) is 17.9. The van der Waals surface area contributed by atoms with Crippen molar-refractivity contribution in [3.05, 3.63) is 88.4 Å². The van der Waals surface area contributed by atoms with Crippen LogP contribution in [-0.2, 0) is 21.4 Å². The molecule has 0 radical (unpaired) electrons. The maximum absolute atomic E-state index is 13.4. The molecule has 10 heteroatoms. The van der Waals surface area contributed by atoms with E-state index in [1.165, 1.54) is 36.2 Å². The highest BCUT2D eigenvalue weighted by molar-refractivity contribution is 7.89. The molecule has 214 valence electrons. The molecule has 2 atom stereocenters. The number of sulfonamides is 1. The van der Waals surface area contributed by atoms with Crippen LogP contribution in [0.3, 0.4) is 0 Å². The van der Waals surface area contributed by atoms with Gasteiger partial charge in [0, 0.05) is 36.5 Å². The molecule has 1 saturated heterocycles. The van der Waals surface area contributed by atoms with E-state index >= 15 is 0 Å². The van der Waals surface area contributed by atoms with E-state index in [0.717, 1.165) is 41.7 Å². The van der Waals surface area contributed by atoms with Crippen molar-refractivity contribution >= 4 is 38.0 Å². The largest absolute Gasteiger partial charge is 0.493 e. The normalized spacial score (nSPS) is 18.4. The third-order valence-corrected chi connectivity index (χ3v) is 10.1. The molecule has 41 heavy (non-hydrogen) atoms. The topological polar surface area (TPSA) is 101 Å². The van der Waals surface area contributed by atoms with Crippen LogP contribution in [0.1, 0.15) is 60.3 Å². The zero-order valence-electron chi connectivity index (χ0n) is 22.8. The maximum Gasteiger partial charge on any atom is 0.241 e. The molecule has 0 aliphatic carbocycles. The van der Waals surface area contributed by atoms with Gasteiger partial charge < -0.3 is 10.1 Å². The number of ether oxygens (including phenoxy) is 1. The highest BCUT2D eigenvalue weighted by Crippen LogP contribution is 2.34. The second kappa shape index (κ2) is 12.3. The van der Waals surface area contributed by atoms with Crippen LogP contribution < -0.4 is 14.8 Å². The van der Waals surface area contributed by atoms with E-state index in [-0.39, 0.29) is 23.3 Å². The minimum absolute atomic E-state index is 0.0694. The van der Waals surface area contributed by atoms with Gasteiger partial charge in [-0.2, -0.15) is 0 Å². The van der Waals surface area contributed by atoms with Crippen molar-refractivity contribution in [3.63, 3.8) is 0 Å². The SMILES string of the molecule is O=C(CC(NS(=O)(=O)c1ccc2ccccc2c1)c1nccs1)NC1CCOc2cc(CN3CCCCC3)ccc21. The Morgan fingerprint density at radius 1 is 1.05 bits per heavy atom. The Balaban J connectivity index is 1.15. The van der Waals surface area contributed by atoms with Crippen LogP contribution in [0.5, 0.6) is 5.75 Å². The first-order valence-corrected chi connectivity index (χ1v) is 16.5. The first-order chi connectivity index (χ1) is 19.9. The molecule has 1 fully saturated rings. The van der Waals surface area contributed by atoms with Gasteiger partial charge in [0.1, 0.15) is 10.8 Å². The highest BCUT2D eigenvalue weighted by atomic mass is 32.2. The minimum atomic E-state index is -3.91. The lowest BCUT2D eigenvalue weighted by atomic mass is 9.98. The number of amides is 1. The molecule has 3 heterocycles. The van der Waals surface area contributed by atoms with Crippen molar-refractivity contribution in [3.8, 4) is 5.75 Å². The van der Waals surface area contributed by atoms with Gasteiger partial charge >= 0.3 is 0 Å². The van der Waals surface area contributed by atoms with Crippen molar-refractivity contribution in [2.24, 2.45) is 0 Å². The van der Waals surface area contributed by atoms with Gasteiger partial charge in [0.2, 0.25) is 15.9 Å². The zero-order chi connectivity index (χ0) is 28.2. The molecule has 1 aromatic heterocycles. The summed E-state index contributed by atoms with van der Waals surface area (Å²) in [5, 5.41) is 7.24. The summed E-state index contributed by atoms with van der Waals surface area (Å²) < 4.78 is 35.5. The second-order valence-electron chi connectivity index (χ2n) is 10.7. The summed E-state index contributed by atoms with van der Waals surface area (Å²) in [5.41, 5.74) is 2.17. The molecule has 3 aromatic carbocycles. The summed E-state index contributed by atoms with van der Waals surface area (Å²) in [6.07, 6.45) is 5.99. The fourth-order valence-electron chi connectivity index (χ4n) is 5.67. The van der Waals surface area contributed by atoms with E-state index in [1.807, 2.05) is 24.3 Å². The number of fused-ring (bicyclic) bond motifs is 2. The van der Waals surface area contributed by atoms with Crippen LogP contribution in [0.4, 0.5) is 0 Å². The standard InChI is InChI=1S/C31H34N4O4S2/c36-30(33-27-12-16-39-29-18-22(8-11-26(27)29)21-35-14-4-1-5-15-35)20-28(31-32-13-17-40-31)34-41(37,38)25-10-9-23-6-2-3-7-24(23)19-25/h2-3,6-11,13,17-19,27-28,34H,1,4-5,12,14-16,20-21H2,(H,33,36). The number of aromatic nitrogens is 1. The molecule has 2 N–H and O–H groups in total. The van der Waals surface area contributed by atoms with Gasteiger partial charge in [-0.1, -0.05) is 48.9 Å². The lowest BCUT2D eigenvalue weighted by Gasteiger charge is -2.29. The molecular formula is C31H34N4O4S2. The molecule has 1 amide bonds. The van der Waals surface area contributed by atoms with Gasteiger partial charge in [-0.15, -0.1) is 11.3 Å². The molecular weight excluding hydrogens is 556 g/mol. The van der Waals surface area contributed by atoms with Crippen LogP contribution in [0, 0.1) is 0 Å². The van der Waals surface area contributed by atoms with E-state index in [0.29, 0.717) is 18.0 Å². The number of rotatable bonds is 9. The van der Waals surface area contributed by atoms with Crippen molar-refractivity contribution in [2.75, 3.05) is 19.7 Å². The van der Waals surface area contributed by atoms with E-state index in [2.05, 4.69) is 38.1 Å². The molecule has 8 nitrogen and oxygen atoms in total. The molecule has 6 rings (SSSR count). The number of carbonyl (C=O) groups is 1. The molecule has 0 bridgehead atoms. The van der Waals surface area contributed by atoms with Crippen molar-refractivity contribution in [2.45, 2.75) is 55.6 Å². The van der Waals surface area contributed by atoms with Gasteiger partial charge in [-0.25, -0.2) is 18.1 Å². The van der Waals surface area contributed by atoms with E-state index in [1.54, 1.807) is 29.8 Å². The number of piperidine rings is 1. The van der Waals surface area contributed by atoms with Crippen molar-refractivity contribution in [1.82, 2.24) is 19.9 Å². The first-order valence-electron chi connectivity index (χ1n) is 14.1. The Hall–Kier alpha value is -3.31. The van der Waals surface area contributed by atoms with Gasteiger partial charge in [0.05, 0.1) is 23.6 Å². The lowest BCUT2D eigenvalue weighted by Crippen LogP contribution is -2.36. The molecule has 2 aliphatic rings. The molecule has 0 saturated carbocycles. The van der Waals surface area contributed by atoms with Crippen LogP contribution in [0.25, 0.3) is 10.8 Å². The third-order valence-electron chi connectivity index (χ3n) is 7.78. The van der Waals surface area contributed by atoms with Crippen LogP contribution in [0.15, 0.2) is 77.1 Å². The zero-order valence-corrected chi connectivity index (χ0v) is 24.4. The number of benzene rings is 3. The number of carbonyl (C=O) groups excluding carboxylic acids is 1. The van der Waals surface area contributed by atoms with Gasteiger partial charge in [0.15, 0.2) is 0 Å². The Morgan fingerprint density at radius 2 is 1.88 bits per heavy atom. The van der Waals surface area contributed by atoms with E-state index in [4.69, 9.17) is 4.74 Å². The molecule has 2 aliphatic heterocycles. The highest BCUT2D eigenvalue weighted by Gasteiger charge is 2.29. The Morgan fingerprint density at radius 3 is 2.68 bits per heavy atom. The first kappa shape index (κ1) is 27.8. The van der Waals surface area contributed by atoms with Crippen molar-refractivity contribution < 1.29 is 17.9 Å². The van der Waals surface area contributed by atoms with E-state index < -0.39 is 16.1 Å². The molecule has 4 aromatic rings. The minimum Gasteiger partial charge on any atom is -0.493 e. The van der Waals surface area contributed by atoms with Gasteiger partial charge in [-0.05, 0) is 60.5 Å². The maximum atomic E-state index is 13.4. The predicted molar refractivity (Wildman–Crippen MR) is 160 cm³/mol. The molecule has 2 unspecified atom stereocenters. The number of hydrogen-bond donors (Lipinski definition) is 2.